The third kappa shape index (κ3) is 3.15. The van der Waals surface area contributed by atoms with Gasteiger partial charge in [-0.25, -0.2) is 15.0 Å². The number of fused-ring (bicyclic) bond motifs is 4. The number of benzene rings is 2. The summed E-state index contributed by atoms with van der Waals surface area (Å²) in [5.74, 6) is 2.16. The molecule has 1 saturated heterocycles. The zero-order chi connectivity index (χ0) is 21.5. The lowest BCUT2D eigenvalue weighted by atomic mass is 9.80. The van der Waals surface area contributed by atoms with Crippen LogP contribution in [-0.4, -0.2) is 41.9 Å². The fourth-order valence-corrected chi connectivity index (χ4v) is 4.52. The standard InChI is InChI=1S/C24H22N4O4/c25-23-28-24(13-31-23)19-8-15(16-10-26-14-27-11-16)3-5-21(19)32-22-6-4-17(9-20(22)24)30-12-18-2-1-7-29-18/h3-6,8-11,14,18H,1-2,7,12-13H2,(H2,25,28)/t18-,24+/m1/s1. The molecule has 2 atom stereocenters. The van der Waals surface area contributed by atoms with Crippen molar-refractivity contribution in [2.24, 2.45) is 10.7 Å². The molecule has 0 radical (unpaired) electrons. The van der Waals surface area contributed by atoms with Gasteiger partial charge in [0.05, 0.1) is 6.10 Å². The minimum Gasteiger partial charge on any atom is -0.491 e. The van der Waals surface area contributed by atoms with Gasteiger partial charge in [-0.2, -0.15) is 0 Å². The molecule has 1 fully saturated rings. The fourth-order valence-electron chi connectivity index (χ4n) is 4.52. The summed E-state index contributed by atoms with van der Waals surface area (Å²) in [6.45, 7) is 1.60. The molecule has 32 heavy (non-hydrogen) atoms. The van der Waals surface area contributed by atoms with E-state index < -0.39 is 5.54 Å². The molecular formula is C24H22N4O4. The quantitative estimate of drug-likeness (QED) is 0.677. The number of ether oxygens (including phenoxy) is 4. The van der Waals surface area contributed by atoms with Gasteiger partial charge in [0.25, 0.3) is 6.02 Å². The molecule has 0 unspecified atom stereocenters. The molecule has 0 bridgehead atoms. The molecule has 0 aliphatic carbocycles. The van der Waals surface area contributed by atoms with E-state index in [0.717, 1.165) is 47.5 Å². The van der Waals surface area contributed by atoms with Crippen molar-refractivity contribution in [3.8, 4) is 28.4 Å². The van der Waals surface area contributed by atoms with E-state index in [1.807, 2.05) is 36.4 Å². The van der Waals surface area contributed by atoms with Gasteiger partial charge in [0.2, 0.25) is 0 Å². The highest BCUT2D eigenvalue weighted by Crippen LogP contribution is 2.52. The number of hydrogen-bond donors (Lipinski definition) is 1. The van der Waals surface area contributed by atoms with Crippen molar-refractivity contribution >= 4 is 6.02 Å². The second-order valence-corrected chi connectivity index (χ2v) is 8.14. The molecule has 0 amide bonds. The van der Waals surface area contributed by atoms with Gasteiger partial charge in [-0.05, 0) is 48.7 Å². The van der Waals surface area contributed by atoms with Crippen molar-refractivity contribution in [3.63, 3.8) is 0 Å². The summed E-state index contributed by atoms with van der Waals surface area (Å²) in [5.41, 5.74) is 8.78. The predicted octanol–water partition coefficient (Wildman–Crippen LogP) is 3.40. The topological polar surface area (TPSA) is 101 Å². The predicted molar refractivity (Wildman–Crippen MR) is 117 cm³/mol. The van der Waals surface area contributed by atoms with E-state index in [2.05, 4.69) is 9.97 Å². The van der Waals surface area contributed by atoms with E-state index in [1.165, 1.54) is 6.33 Å². The van der Waals surface area contributed by atoms with Crippen molar-refractivity contribution in [2.75, 3.05) is 19.8 Å². The molecule has 2 N–H and O–H groups in total. The largest absolute Gasteiger partial charge is 0.491 e. The van der Waals surface area contributed by atoms with E-state index in [0.29, 0.717) is 18.1 Å². The van der Waals surface area contributed by atoms with Crippen LogP contribution in [0.2, 0.25) is 0 Å². The van der Waals surface area contributed by atoms with E-state index in [4.69, 9.17) is 29.7 Å². The van der Waals surface area contributed by atoms with E-state index >= 15 is 0 Å². The monoisotopic (exact) mass is 430 g/mol. The van der Waals surface area contributed by atoms with E-state index in [1.54, 1.807) is 12.4 Å². The maximum atomic E-state index is 6.25. The Morgan fingerprint density at radius 2 is 1.84 bits per heavy atom. The lowest BCUT2D eigenvalue weighted by Gasteiger charge is -2.34. The van der Waals surface area contributed by atoms with Crippen molar-refractivity contribution in [2.45, 2.75) is 24.5 Å². The first-order chi connectivity index (χ1) is 15.7. The van der Waals surface area contributed by atoms with Crippen LogP contribution in [-0.2, 0) is 15.0 Å². The maximum absolute atomic E-state index is 6.25. The zero-order valence-corrected chi connectivity index (χ0v) is 17.4. The lowest BCUT2D eigenvalue weighted by molar-refractivity contribution is 0.0678. The highest BCUT2D eigenvalue weighted by molar-refractivity contribution is 5.78. The van der Waals surface area contributed by atoms with Gasteiger partial charge in [0.15, 0.2) is 5.54 Å². The number of rotatable bonds is 4. The fraction of sp³-hybridized carbons (Fsp3) is 0.292. The number of aliphatic imine (C=N–C) groups is 1. The molecule has 8 nitrogen and oxygen atoms in total. The number of nitrogens with zero attached hydrogens (tertiary/aromatic N) is 3. The molecule has 162 valence electrons. The van der Waals surface area contributed by atoms with Crippen LogP contribution in [0.15, 0.2) is 60.1 Å². The highest BCUT2D eigenvalue weighted by Gasteiger charge is 2.47. The SMILES string of the molecule is NC1=N[C@]2(CO1)c1cc(OC[C@H]3CCCO3)ccc1Oc1ccc(-c3cncnc3)cc12. The Morgan fingerprint density at radius 3 is 2.59 bits per heavy atom. The number of aromatic nitrogens is 2. The van der Waals surface area contributed by atoms with Crippen LogP contribution in [0.1, 0.15) is 24.0 Å². The molecule has 3 aliphatic heterocycles. The van der Waals surface area contributed by atoms with Gasteiger partial charge in [-0.15, -0.1) is 0 Å². The van der Waals surface area contributed by atoms with Crippen molar-refractivity contribution in [1.29, 1.82) is 0 Å². The summed E-state index contributed by atoms with van der Waals surface area (Å²) < 4.78 is 23.6. The van der Waals surface area contributed by atoms with Crippen molar-refractivity contribution in [3.05, 3.63) is 66.2 Å². The summed E-state index contributed by atoms with van der Waals surface area (Å²) in [4.78, 5) is 13.0. The van der Waals surface area contributed by atoms with Gasteiger partial charge in [-0.1, -0.05) is 6.07 Å². The third-order valence-corrected chi connectivity index (χ3v) is 6.13. The summed E-state index contributed by atoms with van der Waals surface area (Å²) in [6, 6.07) is 11.9. The molecule has 3 aromatic rings. The normalized spacial score (nSPS) is 23.1. The lowest BCUT2D eigenvalue weighted by Crippen LogP contribution is -2.31. The molecule has 6 rings (SSSR count). The van der Waals surface area contributed by atoms with Gasteiger partial charge in [-0.3, -0.25) is 0 Å². The molecule has 1 spiro atoms. The van der Waals surface area contributed by atoms with Crippen molar-refractivity contribution in [1.82, 2.24) is 9.97 Å². The summed E-state index contributed by atoms with van der Waals surface area (Å²) in [7, 11) is 0. The Balaban J connectivity index is 1.42. The summed E-state index contributed by atoms with van der Waals surface area (Å²) >= 11 is 0. The van der Waals surface area contributed by atoms with Gasteiger partial charge in [0.1, 0.15) is 36.8 Å². The third-order valence-electron chi connectivity index (χ3n) is 6.13. The van der Waals surface area contributed by atoms with Crippen LogP contribution in [0.3, 0.4) is 0 Å². The smallest absolute Gasteiger partial charge is 0.283 e. The Hall–Kier alpha value is -3.65. The highest BCUT2D eigenvalue weighted by atomic mass is 16.5. The average molecular weight is 430 g/mol. The Kier molecular flexibility index (Phi) is 4.46. The number of nitrogens with two attached hydrogens (primary N) is 1. The first-order valence-corrected chi connectivity index (χ1v) is 10.7. The van der Waals surface area contributed by atoms with Crippen LogP contribution in [0.25, 0.3) is 11.1 Å². The van der Waals surface area contributed by atoms with Crippen LogP contribution >= 0.6 is 0 Å². The molecule has 1 aromatic heterocycles. The van der Waals surface area contributed by atoms with Crippen LogP contribution in [0.5, 0.6) is 17.2 Å². The first kappa shape index (κ1) is 19.1. The van der Waals surface area contributed by atoms with Crippen LogP contribution in [0.4, 0.5) is 0 Å². The second kappa shape index (κ2) is 7.49. The molecule has 0 saturated carbocycles. The van der Waals surface area contributed by atoms with Crippen LogP contribution < -0.4 is 15.2 Å². The Morgan fingerprint density at radius 1 is 1.03 bits per heavy atom. The second-order valence-electron chi connectivity index (χ2n) is 8.14. The maximum Gasteiger partial charge on any atom is 0.283 e. The summed E-state index contributed by atoms with van der Waals surface area (Å²) in [6.07, 6.45) is 7.29. The van der Waals surface area contributed by atoms with E-state index in [-0.39, 0.29) is 18.7 Å². The van der Waals surface area contributed by atoms with Crippen molar-refractivity contribution < 1.29 is 18.9 Å². The van der Waals surface area contributed by atoms with Gasteiger partial charge in [0, 0.05) is 35.7 Å². The molecular weight excluding hydrogens is 408 g/mol. The molecule has 2 aromatic carbocycles. The molecule has 4 heterocycles. The number of hydrogen-bond acceptors (Lipinski definition) is 8. The molecule has 3 aliphatic rings. The minimum absolute atomic E-state index is 0.135. The Labute approximate surface area is 185 Å². The molecule has 8 heteroatoms. The van der Waals surface area contributed by atoms with Gasteiger partial charge < -0.3 is 24.7 Å². The van der Waals surface area contributed by atoms with Gasteiger partial charge >= 0.3 is 0 Å². The zero-order valence-electron chi connectivity index (χ0n) is 17.4. The first-order valence-electron chi connectivity index (χ1n) is 10.7. The average Bonchev–Trinajstić information content (AvgIpc) is 3.49. The van der Waals surface area contributed by atoms with Crippen LogP contribution in [0, 0.1) is 0 Å². The van der Waals surface area contributed by atoms with E-state index in [9.17, 15) is 0 Å². The summed E-state index contributed by atoms with van der Waals surface area (Å²) in [5, 5.41) is 0. The number of amidine groups is 1. The Bertz CT molecular complexity index is 1190. The minimum atomic E-state index is -0.818.